The minimum absolute atomic E-state index is 0.401. The van der Waals surface area contributed by atoms with Gasteiger partial charge in [0.05, 0.1) is 0 Å². The molecule has 7 heavy (non-hydrogen) atoms. The Labute approximate surface area is 48.8 Å². The van der Waals surface area contributed by atoms with E-state index in [0.717, 1.165) is 6.32 Å². The maximum atomic E-state index is 9.88. The Hall–Kier alpha value is -0.235. The van der Waals surface area contributed by atoms with Crippen molar-refractivity contribution in [2.75, 3.05) is 0 Å². The fourth-order valence-electron chi connectivity index (χ4n) is 0.211. The van der Waals surface area contributed by atoms with Gasteiger partial charge in [0.1, 0.15) is 7.85 Å². The monoisotopic (exact) mass is 116 g/mol. The van der Waals surface area contributed by atoms with Gasteiger partial charge in [0.15, 0.2) is 0 Å². The molecule has 0 aromatic heterocycles. The predicted octanol–water partition coefficient (Wildman–Crippen LogP) is 0.359. The van der Waals surface area contributed by atoms with Gasteiger partial charge in [-0.25, -0.2) is 0 Å². The number of hydrogen-bond donors (Lipinski definition) is 0. The molecule has 0 bridgehead atoms. The Morgan fingerprint density at radius 1 is 1.86 bits per heavy atom. The van der Waals surface area contributed by atoms with Gasteiger partial charge in [-0.15, -0.1) is 0 Å². The molecule has 0 aromatic rings. The molecule has 0 saturated heterocycles. The summed E-state index contributed by atoms with van der Waals surface area (Å²) < 4.78 is 0. The van der Waals surface area contributed by atoms with Gasteiger partial charge >= 0.3 is 0 Å². The standard InChI is InChI=1S/C4H6BClO/c5-3-1-2-4(6)7/h1-2H,3,5H2/b2-1+. The summed E-state index contributed by atoms with van der Waals surface area (Å²) in [6.45, 7) is 0. The largest absolute Gasteiger partial charge is 0.276 e. The van der Waals surface area contributed by atoms with Crippen LogP contribution in [0.3, 0.4) is 0 Å². The predicted molar refractivity (Wildman–Crippen MR) is 33.4 cm³/mol. The van der Waals surface area contributed by atoms with E-state index < -0.39 is 5.24 Å². The van der Waals surface area contributed by atoms with Crippen molar-refractivity contribution in [1.29, 1.82) is 0 Å². The highest BCUT2D eigenvalue weighted by Crippen LogP contribution is 1.82. The van der Waals surface area contributed by atoms with Crippen LogP contribution in [0.15, 0.2) is 12.2 Å². The van der Waals surface area contributed by atoms with Crippen LogP contribution < -0.4 is 0 Å². The molecule has 3 heteroatoms. The fourth-order valence-corrected chi connectivity index (χ4v) is 0.300. The second-order valence-corrected chi connectivity index (χ2v) is 1.49. The number of rotatable bonds is 2. The lowest BCUT2D eigenvalue weighted by atomic mass is 10.1. The second-order valence-electron chi connectivity index (χ2n) is 1.11. The smallest absolute Gasteiger partial charge is 0.244 e. The highest BCUT2D eigenvalue weighted by molar-refractivity contribution is 6.66. The van der Waals surface area contributed by atoms with Gasteiger partial charge < -0.3 is 0 Å². The number of hydrogen-bond acceptors (Lipinski definition) is 1. The molecule has 0 aliphatic heterocycles. The zero-order chi connectivity index (χ0) is 5.70. The van der Waals surface area contributed by atoms with Crippen LogP contribution in [0.4, 0.5) is 0 Å². The molecule has 0 atom stereocenters. The average Bonchev–Trinajstić information content (AvgIpc) is 1.61. The van der Waals surface area contributed by atoms with Crippen molar-refractivity contribution in [2.24, 2.45) is 0 Å². The van der Waals surface area contributed by atoms with Crippen LogP contribution in [-0.4, -0.2) is 13.1 Å². The first kappa shape index (κ1) is 6.76. The van der Waals surface area contributed by atoms with Crippen LogP contribution in [0.5, 0.6) is 0 Å². The third-order valence-electron chi connectivity index (χ3n) is 0.485. The minimum atomic E-state index is -0.401. The van der Waals surface area contributed by atoms with E-state index in [9.17, 15) is 4.79 Å². The molecule has 0 heterocycles. The molecule has 0 aromatic carbocycles. The normalized spacial score (nSPS) is 9.86. The topological polar surface area (TPSA) is 17.1 Å². The molecular weight excluding hydrogens is 110 g/mol. The lowest BCUT2D eigenvalue weighted by molar-refractivity contribution is -0.107. The van der Waals surface area contributed by atoms with Gasteiger partial charge in [-0.05, 0) is 17.7 Å². The number of allylic oxidation sites excluding steroid dienone is 2. The Morgan fingerprint density at radius 3 is 2.57 bits per heavy atom. The summed E-state index contributed by atoms with van der Waals surface area (Å²) in [7, 11) is 1.94. The zero-order valence-electron chi connectivity index (χ0n) is 4.15. The summed E-state index contributed by atoms with van der Waals surface area (Å²) in [4.78, 5) is 9.88. The number of carbonyl (C=O) groups excluding carboxylic acids is 1. The van der Waals surface area contributed by atoms with E-state index in [-0.39, 0.29) is 0 Å². The van der Waals surface area contributed by atoms with E-state index in [1.54, 1.807) is 6.08 Å². The van der Waals surface area contributed by atoms with E-state index in [0.29, 0.717) is 0 Å². The first-order chi connectivity index (χ1) is 3.27. The van der Waals surface area contributed by atoms with Gasteiger partial charge in [0.25, 0.3) is 0 Å². The molecule has 0 aliphatic rings. The maximum absolute atomic E-state index is 9.88. The van der Waals surface area contributed by atoms with E-state index in [2.05, 4.69) is 0 Å². The molecule has 1 nitrogen and oxygen atoms in total. The number of halogens is 1. The Kier molecular flexibility index (Phi) is 3.81. The Balaban J connectivity index is 3.26. The van der Waals surface area contributed by atoms with Gasteiger partial charge in [-0.1, -0.05) is 12.4 Å². The van der Waals surface area contributed by atoms with Gasteiger partial charge in [-0.2, -0.15) is 0 Å². The van der Waals surface area contributed by atoms with E-state index in [1.807, 2.05) is 7.85 Å². The molecule has 0 N–H and O–H groups in total. The van der Waals surface area contributed by atoms with Gasteiger partial charge in [0.2, 0.25) is 5.24 Å². The third-order valence-corrected chi connectivity index (χ3v) is 0.611. The van der Waals surface area contributed by atoms with Crippen LogP contribution in [0, 0.1) is 0 Å². The SMILES string of the molecule is BC/C=C/C(=O)Cl. The summed E-state index contributed by atoms with van der Waals surface area (Å²) in [6.07, 6.45) is 3.93. The van der Waals surface area contributed by atoms with Crippen molar-refractivity contribution < 1.29 is 4.79 Å². The lowest BCUT2D eigenvalue weighted by Crippen LogP contribution is -1.72. The summed E-state index contributed by atoms with van der Waals surface area (Å²) in [5.74, 6) is 0. The molecule has 0 amide bonds. The molecule has 0 radical (unpaired) electrons. The first-order valence-electron chi connectivity index (χ1n) is 2.13. The lowest BCUT2D eigenvalue weighted by Gasteiger charge is -1.71. The number of carbonyl (C=O) groups is 1. The molecular formula is C4H6BClO. The van der Waals surface area contributed by atoms with Crippen LogP contribution in [0.25, 0.3) is 0 Å². The van der Waals surface area contributed by atoms with Crippen molar-refractivity contribution >= 4 is 24.7 Å². The summed E-state index contributed by atoms with van der Waals surface area (Å²) >= 11 is 4.93. The van der Waals surface area contributed by atoms with Crippen LogP contribution in [0.1, 0.15) is 0 Å². The minimum Gasteiger partial charge on any atom is -0.276 e. The van der Waals surface area contributed by atoms with E-state index >= 15 is 0 Å². The highest BCUT2D eigenvalue weighted by Gasteiger charge is 1.79. The zero-order valence-corrected chi connectivity index (χ0v) is 4.90. The van der Waals surface area contributed by atoms with Crippen LogP contribution in [-0.2, 0) is 4.79 Å². The summed E-state index contributed by atoms with van der Waals surface area (Å²) in [5.41, 5.74) is 0. The summed E-state index contributed by atoms with van der Waals surface area (Å²) in [6, 6.07) is 0. The van der Waals surface area contributed by atoms with Crippen LogP contribution >= 0.6 is 11.6 Å². The molecule has 0 spiro atoms. The van der Waals surface area contributed by atoms with Crippen molar-refractivity contribution in [3.05, 3.63) is 12.2 Å². The third kappa shape index (κ3) is 5.76. The van der Waals surface area contributed by atoms with Crippen LogP contribution in [0.2, 0.25) is 6.32 Å². The average molecular weight is 116 g/mol. The highest BCUT2D eigenvalue weighted by atomic mass is 35.5. The Bertz CT molecular complexity index is 89.7. The van der Waals surface area contributed by atoms with Gasteiger partial charge in [-0.3, -0.25) is 4.79 Å². The molecule has 0 fully saturated rings. The van der Waals surface area contributed by atoms with Crippen molar-refractivity contribution in [1.82, 2.24) is 0 Å². The molecule has 0 rings (SSSR count). The second kappa shape index (κ2) is 3.94. The van der Waals surface area contributed by atoms with Gasteiger partial charge in [0, 0.05) is 0 Å². The molecule has 0 unspecified atom stereocenters. The quantitative estimate of drug-likeness (QED) is 0.289. The maximum Gasteiger partial charge on any atom is 0.244 e. The first-order valence-corrected chi connectivity index (χ1v) is 2.51. The molecule has 38 valence electrons. The van der Waals surface area contributed by atoms with E-state index in [4.69, 9.17) is 11.6 Å². The van der Waals surface area contributed by atoms with Crippen molar-refractivity contribution in [3.63, 3.8) is 0 Å². The van der Waals surface area contributed by atoms with Crippen molar-refractivity contribution in [2.45, 2.75) is 6.32 Å². The Morgan fingerprint density at radius 2 is 2.43 bits per heavy atom. The molecule has 0 saturated carbocycles. The van der Waals surface area contributed by atoms with Crippen molar-refractivity contribution in [3.8, 4) is 0 Å². The fraction of sp³-hybridized carbons (Fsp3) is 0.250. The van der Waals surface area contributed by atoms with E-state index in [1.165, 1.54) is 6.08 Å². The molecule has 0 aliphatic carbocycles. The summed E-state index contributed by atoms with van der Waals surface area (Å²) in [5, 5.41) is -0.401.